The van der Waals surface area contributed by atoms with E-state index in [0.717, 1.165) is 36.8 Å². The Morgan fingerprint density at radius 3 is 2.33 bits per heavy atom. The van der Waals surface area contributed by atoms with E-state index in [1.54, 1.807) is 0 Å². The fraction of sp³-hybridized carbons (Fsp3) is 1.00. The number of hydrogen-bond acceptors (Lipinski definition) is 2. The Hall–Kier alpha value is -0.0800. The van der Waals surface area contributed by atoms with Crippen molar-refractivity contribution < 1.29 is 4.74 Å². The molecule has 2 aliphatic carbocycles. The molecule has 2 saturated carbocycles. The largest absolute Gasteiger partial charge is 0.378 e. The molecule has 0 aromatic heterocycles. The molecule has 0 spiro atoms. The second-order valence-electron chi connectivity index (χ2n) is 6.76. The molecule has 0 radical (unpaired) electrons. The third-order valence-corrected chi connectivity index (χ3v) is 5.47. The summed E-state index contributed by atoms with van der Waals surface area (Å²) in [5.74, 6) is 3.17. The van der Waals surface area contributed by atoms with Crippen LogP contribution in [0.3, 0.4) is 0 Å². The van der Waals surface area contributed by atoms with Gasteiger partial charge in [-0.15, -0.1) is 0 Å². The van der Waals surface area contributed by atoms with Crippen molar-refractivity contribution in [3.8, 4) is 0 Å². The minimum Gasteiger partial charge on any atom is -0.378 e. The maximum absolute atomic E-state index is 6.22. The summed E-state index contributed by atoms with van der Waals surface area (Å²) in [6, 6.07) is 0. The molecule has 18 heavy (non-hydrogen) atoms. The van der Waals surface area contributed by atoms with E-state index >= 15 is 0 Å². The topological polar surface area (TPSA) is 35.2 Å². The number of hydrogen-bond donors (Lipinski definition) is 1. The molecule has 0 amide bonds. The molecule has 0 bridgehead atoms. The van der Waals surface area contributed by atoms with E-state index in [4.69, 9.17) is 10.5 Å². The Morgan fingerprint density at radius 2 is 1.67 bits per heavy atom. The Morgan fingerprint density at radius 1 is 0.944 bits per heavy atom. The van der Waals surface area contributed by atoms with Gasteiger partial charge in [0.15, 0.2) is 0 Å². The van der Waals surface area contributed by atoms with Crippen molar-refractivity contribution in [1.82, 2.24) is 0 Å². The zero-order valence-electron chi connectivity index (χ0n) is 12.2. The minimum absolute atomic E-state index is 0.525. The lowest BCUT2D eigenvalue weighted by Gasteiger charge is -2.35. The van der Waals surface area contributed by atoms with Gasteiger partial charge in [0.1, 0.15) is 0 Å². The van der Waals surface area contributed by atoms with Crippen molar-refractivity contribution in [1.29, 1.82) is 0 Å². The monoisotopic (exact) mass is 253 g/mol. The summed E-state index contributed by atoms with van der Waals surface area (Å²) in [5, 5.41) is 0. The second-order valence-corrected chi connectivity index (χ2v) is 6.76. The third kappa shape index (κ3) is 3.71. The maximum Gasteiger partial charge on any atom is 0.0578 e. The molecule has 2 fully saturated rings. The molecule has 0 aliphatic heterocycles. The van der Waals surface area contributed by atoms with Crippen LogP contribution in [0.25, 0.3) is 0 Å². The molecule has 0 heterocycles. The molecule has 0 aromatic carbocycles. The van der Waals surface area contributed by atoms with Crippen molar-refractivity contribution >= 4 is 0 Å². The highest BCUT2D eigenvalue weighted by Crippen LogP contribution is 2.33. The van der Waals surface area contributed by atoms with Gasteiger partial charge in [-0.05, 0) is 62.3 Å². The Kier molecular flexibility index (Phi) is 5.50. The molecule has 0 aromatic rings. The maximum atomic E-state index is 6.22. The molecule has 106 valence electrons. The van der Waals surface area contributed by atoms with Crippen LogP contribution in [-0.4, -0.2) is 19.3 Å². The molecule has 2 aliphatic rings. The molecule has 2 N–H and O–H groups in total. The van der Waals surface area contributed by atoms with Gasteiger partial charge in [-0.3, -0.25) is 0 Å². The molecule has 5 atom stereocenters. The van der Waals surface area contributed by atoms with E-state index in [2.05, 4.69) is 13.8 Å². The van der Waals surface area contributed by atoms with E-state index in [9.17, 15) is 0 Å². The summed E-state index contributed by atoms with van der Waals surface area (Å²) >= 11 is 0. The van der Waals surface area contributed by atoms with Crippen LogP contribution in [0, 0.1) is 23.7 Å². The van der Waals surface area contributed by atoms with Gasteiger partial charge in [-0.1, -0.05) is 26.7 Å². The average molecular weight is 253 g/mol. The van der Waals surface area contributed by atoms with Crippen LogP contribution in [0.15, 0.2) is 0 Å². The Bertz CT molecular complexity index is 243. The summed E-state index contributed by atoms with van der Waals surface area (Å²) in [6.45, 7) is 6.58. The summed E-state index contributed by atoms with van der Waals surface area (Å²) in [6.07, 6.45) is 9.81. The van der Waals surface area contributed by atoms with E-state index in [-0.39, 0.29) is 0 Å². The zero-order valence-corrected chi connectivity index (χ0v) is 12.2. The number of rotatable bonds is 4. The first-order chi connectivity index (χ1) is 8.70. The lowest BCUT2D eigenvalue weighted by molar-refractivity contribution is -0.0288. The van der Waals surface area contributed by atoms with Crippen molar-refractivity contribution in [2.75, 3.05) is 13.2 Å². The van der Waals surface area contributed by atoms with Crippen molar-refractivity contribution in [3.63, 3.8) is 0 Å². The normalized spacial score (nSPS) is 41.8. The Balaban J connectivity index is 1.73. The molecule has 5 unspecified atom stereocenters. The van der Waals surface area contributed by atoms with Gasteiger partial charge in [0.25, 0.3) is 0 Å². The molecule has 2 rings (SSSR count). The predicted octanol–water partition coefficient (Wildman–Crippen LogP) is 3.59. The van der Waals surface area contributed by atoms with Crippen molar-refractivity contribution in [3.05, 3.63) is 0 Å². The first-order valence-corrected chi connectivity index (χ1v) is 8.02. The van der Waals surface area contributed by atoms with Crippen LogP contribution in [0.2, 0.25) is 0 Å². The highest BCUT2D eigenvalue weighted by Gasteiger charge is 2.28. The lowest BCUT2D eigenvalue weighted by Crippen LogP contribution is -2.33. The van der Waals surface area contributed by atoms with Gasteiger partial charge >= 0.3 is 0 Å². The SMILES string of the molecule is CC1CCC(OCC2CCCCC2CN)CC1C. The first kappa shape index (κ1) is 14.3. The fourth-order valence-corrected chi connectivity index (χ4v) is 3.72. The summed E-state index contributed by atoms with van der Waals surface area (Å²) in [5.41, 5.74) is 5.89. The van der Waals surface area contributed by atoms with Gasteiger partial charge in [0.2, 0.25) is 0 Å². The fourth-order valence-electron chi connectivity index (χ4n) is 3.72. The highest BCUT2D eigenvalue weighted by molar-refractivity contribution is 4.79. The predicted molar refractivity (Wildman–Crippen MR) is 76.4 cm³/mol. The summed E-state index contributed by atoms with van der Waals surface area (Å²) < 4.78 is 6.22. The van der Waals surface area contributed by atoms with Crippen LogP contribution in [0.4, 0.5) is 0 Å². The standard InChI is InChI=1S/C16H31NO/c1-12-7-8-16(9-13(12)2)18-11-15-6-4-3-5-14(15)10-17/h12-16H,3-11,17H2,1-2H3. The van der Waals surface area contributed by atoms with Gasteiger partial charge < -0.3 is 10.5 Å². The summed E-state index contributed by atoms with van der Waals surface area (Å²) in [7, 11) is 0. The van der Waals surface area contributed by atoms with E-state index in [0.29, 0.717) is 6.10 Å². The molecule has 0 saturated heterocycles. The van der Waals surface area contributed by atoms with Gasteiger partial charge in [-0.2, -0.15) is 0 Å². The smallest absolute Gasteiger partial charge is 0.0578 e. The molecule has 2 nitrogen and oxygen atoms in total. The van der Waals surface area contributed by atoms with Crippen molar-refractivity contribution in [2.24, 2.45) is 29.4 Å². The first-order valence-electron chi connectivity index (χ1n) is 8.02. The van der Waals surface area contributed by atoms with Crippen molar-refractivity contribution in [2.45, 2.75) is 64.9 Å². The van der Waals surface area contributed by atoms with Crippen LogP contribution >= 0.6 is 0 Å². The average Bonchev–Trinajstić information content (AvgIpc) is 2.40. The number of ether oxygens (including phenoxy) is 1. The minimum atomic E-state index is 0.525. The van der Waals surface area contributed by atoms with Crippen LogP contribution < -0.4 is 5.73 Å². The van der Waals surface area contributed by atoms with Gasteiger partial charge in [0.05, 0.1) is 12.7 Å². The quantitative estimate of drug-likeness (QED) is 0.831. The second kappa shape index (κ2) is 6.91. The summed E-state index contributed by atoms with van der Waals surface area (Å²) in [4.78, 5) is 0. The van der Waals surface area contributed by atoms with Crippen LogP contribution in [-0.2, 0) is 4.74 Å². The highest BCUT2D eigenvalue weighted by atomic mass is 16.5. The molecule has 2 heteroatoms. The number of nitrogens with two attached hydrogens (primary N) is 1. The molecular weight excluding hydrogens is 222 g/mol. The Labute approximate surface area is 113 Å². The van der Waals surface area contributed by atoms with Crippen LogP contribution in [0.5, 0.6) is 0 Å². The van der Waals surface area contributed by atoms with E-state index in [1.165, 1.54) is 44.9 Å². The van der Waals surface area contributed by atoms with E-state index < -0.39 is 0 Å². The third-order valence-electron chi connectivity index (χ3n) is 5.47. The zero-order chi connectivity index (χ0) is 13.0. The lowest BCUT2D eigenvalue weighted by atomic mass is 9.79. The van der Waals surface area contributed by atoms with Gasteiger partial charge in [-0.25, -0.2) is 0 Å². The van der Waals surface area contributed by atoms with E-state index in [1.807, 2.05) is 0 Å². The molecular formula is C16H31NO. The van der Waals surface area contributed by atoms with Crippen LogP contribution in [0.1, 0.15) is 58.8 Å². The van der Waals surface area contributed by atoms with Gasteiger partial charge in [0, 0.05) is 0 Å².